The molecule has 0 aliphatic heterocycles. The molecule has 2 nitrogen and oxygen atoms in total. The zero-order chi connectivity index (χ0) is 36.4. The number of benzene rings is 6. The molecule has 1 heterocycles. The Kier molecular flexibility index (Phi) is 9.12. The predicted molar refractivity (Wildman–Crippen MR) is 228 cm³/mol. The summed E-state index contributed by atoms with van der Waals surface area (Å²) in [5, 5.41) is 1.25. The minimum absolute atomic E-state index is 0.0942. The Labute approximate surface area is 314 Å². The van der Waals surface area contributed by atoms with E-state index in [4.69, 9.17) is 0 Å². The second-order valence-electron chi connectivity index (χ2n) is 14.3. The van der Waals surface area contributed by atoms with Gasteiger partial charge in [-0.1, -0.05) is 141 Å². The summed E-state index contributed by atoms with van der Waals surface area (Å²) < 4.78 is 2.38. The Hall–Kier alpha value is -6.38. The minimum Gasteiger partial charge on any atom is -0.310 e. The molecular weight excluding hydrogens is 641 g/mol. The number of aryl methyl sites for hydroxylation is 1. The van der Waals surface area contributed by atoms with Gasteiger partial charge in [-0.2, -0.15) is 0 Å². The maximum Gasteiger partial charge on any atom is 0.0537 e. The quantitative estimate of drug-likeness (QED) is 0.137. The Morgan fingerprint density at radius 3 is 1.94 bits per heavy atom. The van der Waals surface area contributed by atoms with E-state index in [1.165, 1.54) is 55.6 Å². The molecule has 0 radical (unpaired) electrons. The van der Waals surface area contributed by atoms with Gasteiger partial charge in [0.2, 0.25) is 0 Å². The van der Waals surface area contributed by atoms with Gasteiger partial charge in [-0.3, -0.25) is 0 Å². The van der Waals surface area contributed by atoms with E-state index < -0.39 is 0 Å². The first-order valence-corrected chi connectivity index (χ1v) is 18.5. The van der Waals surface area contributed by atoms with Crippen LogP contribution in [0, 0.1) is 6.92 Å². The molecular formula is C51H44N2. The van der Waals surface area contributed by atoms with Crippen molar-refractivity contribution in [1.82, 2.24) is 4.57 Å². The molecule has 0 bridgehead atoms. The topological polar surface area (TPSA) is 8.17 Å². The lowest BCUT2D eigenvalue weighted by atomic mass is 9.81. The highest BCUT2D eigenvalue weighted by Gasteiger charge is 2.32. The molecule has 1 aliphatic rings. The number of nitrogens with zero attached hydrogens (tertiary/aromatic N) is 2. The molecule has 7 aromatic rings. The molecule has 0 unspecified atom stereocenters. The molecule has 0 atom stereocenters. The SMILES string of the molecule is C/C=C\C=C/C1=Cc2ccc(N(c3ccccc3)c3ccc(-c4ccc5c(c4)c(C)c(/C=C\c4ccccc4)n5-c4ccccc4)cc3)cc2C1(C)C. The van der Waals surface area contributed by atoms with Crippen molar-refractivity contribution in [2.75, 3.05) is 4.90 Å². The van der Waals surface area contributed by atoms with Crippen molar-refractivity contribution in [3.8, 4) is 16.8 Å². The number of para-hydroxylation sites is 2. The standard InChI is InChI=1S/C51H44N2/c1-5-6-10-19-42-34-41-27-31-46(36-48(41)51(42,3)4)52(43-20-13-8-14-21-43)45-29-25-39(26-30-45)40-28-33-50-47(35-40)37(2)49(32-24-38-17-11-7-12-18-38)53(50)44-22-15-9-16-23-44/h5-36H,1-4H3/b6-5-,19-10-,32-24-. The zero-order valence-corrected chi connectivity index (χ0v) is 30.9. The second kappa shape index (κ2) is 14.3. The lowest BCUT2D eigenvalue weighted by Gasteiger charge is -2.28. The van der Waals surface area contributed by atoms with E-state index in [0.717, 1.165) is 22.7 Å². The fraction of sp³-hybridized carbons (Fsp3) is 0.0980. The van der Waals surface area contributed by atoms with Crippen molar-refractivity contribution in [2.24, 2.45) is 0 Å². The monoisotopic (exact) mass is 684 g/mol. The number of anilines is 3. The van der Waals surface area contributed by atoms with Crippen LogP contribution in [0.15, 0.2) is 182 Å². The number of fused-ring (bicyclic) bond motifs is 2. The first-order valence-electron chi connectivity index (χ1n) is 18.5. The zero-order valence-electron chi connectivity index (χ0n) is 30.9. The van der Waals surface area contributed by atoms with Crippen LogP contribution in [0.4, 0.5) is 17.1 Å². The second-order valence-corrected chi connectivity index (χ2v) is 14.3. The predicted octanol–water partition coefficient (Wildman–Crippen LogP) is 14.1. The highest BCUT2D eigenvalue weighted by atomic mass is 15.1. The van der Waals surface area contributed by atoms with E-state index in [-0.39, 0.29) is 5.41 Å². The summed E-state index contributed by atoms with van der Waals surface area (Å²) in [5.74, 6) is 0. The smallest absolute Gasteiger partial charge is 0.0537 e. The Bertz CT molecular complexity index is 2510. The summed E-state index contributed by atoms with van der Waals surface area (Å²) in [6.07, 6.45) is 15.3. The summed E-state index contributed by atoms with van der Waals surface area (Å²) in [5.41, 5.74) is 15.6. The molecule has 0 fully saturated rings. The van der Waals surface area contributed by atoms with Crippen molar-refractivity contribution in [3.05, 3.63) is 209 Å². The number of aromatic nitrogens is 1. The highest BCUT2D eigenvalue weighted by molar-refractivity contribution is 5.94. The van der Waals surface area contributed by atoms with Crippen LogP contribution >= 0.6 is 0 Å². The minimum atomic E-state index is -0.0942. The normalized spacial score (nSPS) is 13.7. The number of allylic oxidation sites excluding steroid dienone is 5. The lowest BCUT2D eigenvalue weighted by molar-refractivity contribution is 0.655. The summed E-state index contributed by atoms with van der Waals surface area (Å²) in [6.45, 7) is 8.94. The molecule has 1 aromatic heterocycles. The Morgan fingerprint density at radius 2 is 1.23 bits per heavy atom. The first kappa shape index (κ1) is 33.7. The number of hydrogen-bond donors (Lipinski definition) is 0. The third kappa shape index (κ3) is 6.49. The molecule has 0 amide bonds. The molecule has 8 rings (SSSR count). The van der Waals surface area contributed by atoms with Crippen LogP contribution in [0.3, 0.4) is 0 Å². The van der Waals surface area contributed by atoms with E-state index in [2.05, 4.69) is 231 Å². The fourth-order valence-corrected chi connectivity index (χ4v) is 7.65. The van der Waals surface area contributed by atoms with Gasteiger partial charge in [-0.15, -0.1) is 0 Å². The van der Waals surface area contributed by atoms with E-state index in [0.29, 0.717) is 0 Å². The van der Waals surface area contributed by atoms with Crippen molar-refractivity contribution in [1.29, 1.82) is 0 Å². The van der Waals surface area contributed by atoms with Crippen LogP contribution in [-0.4, -0.2) is 4.57 Å². The fourth-order valence-electron chi connectivity index (χ4n) is 7.65. The third-order valence-electron chi connectivity index (χ3n) is 10.6. The Morgan fingerprint density at radius 1 is 0.585 bits per heavy atom. The largest absolute Gasteiger partial charge is 0.310 e. The van der Waals surface area contributed by atoms with E-state index in [1.807, 2.05) is 0 Å². The molecule has 0 saturated carbocycles. The lowest BCUT2D eigenvalue weighted by Crippen LogP contribution is -2.17. The molecule has 1 aliphatic carbocycles. The third-order valence-corrected chi connectivity index (χ3v) is 10.6. The van der Waals surface area contributed by atoms with Gasteiger partial charge in [0.1, 0.15) is 0 Å². The molecule has 2 heteroatoms. The maximum absolute atomic E-state index is 2.38. The summed E-state index contributed by atoms with van der Waals surface area (Å²) in [6, 6.07) is 54.7. The first-order chi connectivity index (χ1) is 25.9. The van der Waals surface area contributed by atoms with Crippen LogP contribution < -0.4 is 4.90 Å². The average Bonchev–Trinajstić information content (AvgIpc) is 3.63. The van der Waals surface area contributed by atoms with Gasteiger partial charge in [0, 0.05) is 39.2 Å². The summed E-state index contributed by atoms with van der Waals surface area (Å²) in [7, 11) is 0. The maximum atomic E-state index is 2.38. The van der Waals surface area contributed by atoms with Crippen molar-refractivity contribution in [3.63, 3.8) is 0 Å². The van der Waals surface area contributed by atoms with Gasteiger partial charge < -0.3 is 9.47 Å². The van der Waals surface area contributed by atoms with Crippen LogP contribution in [0.5, 0.6) is 0 Å². The highest BCUT2D eigenvalue weighted by Crippen LogP contribution is 2.45. The summed E-state index contributed by atoms with van der Waals surface area (Å²) >= 11 is 0. The van der Waals surface area contributed by atoms with E-state index in [1.54, 1.807) is 0 Å². The molecule has 0 saturated heterocycles. The van der Waals surface area contributed by atoms with Crippen LogP contribution in [0.2, 0.25) is 0 Å². The van der Waals surface area contributed by atoms with Crippen LogP contribution in [0.25, 0.3) is 45.9 Å². The van der Waals surface area contributed by atoms with E-state index >= 15 is 0 Å². The van der Waals surface area contributed by atoms with Gasteiger partial charge in [-0.25, -0.2) is 0 Å². The van der Waals surface area contributed by atoms with Crippen LogP contribution in [-0.2, 0) is 5.41 Å². The van der Waals surface area contributed by atoms with E-state index in [9.17, 15) is 0 Å². The van der Waals surface area contributed by atoms with Gasteiger partial charge in [0.05, 0.1) is 5.52 Å². The average molecular weight is 685 g/mol. The van der Waals surface area contributed by atoms with Crippen LogP contribution in [0.1, 0.15) is 48.7 Å². The van der Waals surface area contributed by atoms with Gasteiger partial charge in [0.25, 0.3) is 0 Å². The number of rotatable bonds is 9. The molecule has 53 heavy (non-hydrogen) atoms. The molecule has 0 spiro atoms. The molecule has 6 aromatic carbocycles. The van der Waals surface area contributed by atoms with Gasteiger partial charge in [0.15, 0.2) is 0 Å². The van der Waals surface area contributed by atoms with Gasteiger partial charge in [-0.05, 0) is 120 Å². The van der Waals surface area contributed by atoms with Crippen molar-refractivity contribution < 1.29 is 0 Å². The van der Waals surface area contributed by atoms with Gasteiger partial charge >= 0.3 is 0 Å². The Balaban J connectivity index is 1.16. The molecule has 0 N–H and O–H groups in total. The van der Waals surface area contributed by atoms with Crippen molar-refractivity contribution in [2.45, 2.75) is 33.1 Å². The van der Waals surface area contributed by atoms with Crippen molar-refractivity contribution >= 4 is 46.2 Å². The number of hydrogen-bond acceptors (Lipinski definition) is 1. The molecule has 258 valence electrons. The summed E-state index contributed by atoms with van der Waals surface area (Å²) in [4.78, 5) is 2.37.